The van der Waals surface area contributed by atoms with E-state index in [2.05, 4.69) is 102 Å². The van der Waals surface area contributed by atoms with Gasteiger partial charge in [0.05, 0.1) is 10.9 Å². The Morgan fingerprint density at radius 2 is 1.25 bits per heavy atom. The monoisotopic (exact) mass is 669 g/mol. The van der Waals surface area contributed by atoms with E-state index >= 15 is 0 Å². The molecule has 3 aromatic heterocycles. The number of hydrogen-bond acceptors (Lipinski definition) is 5. The van der Waals surface area contributed by atoms with Gasteiger partial charge in [-0.3, -0.25) is 4.99 Å². The summed E-state index contributed by atoms with van der Waals surface area (Å²) in [6.07, 6.45) is -0.953. The molecule has 4 heterocycles. The molecule has 1 aliphatic rings. The number of nitrogens with zero attached hydrogens (tertiary/aromatic N) is 3. The molecule has 10 aromatic rings. The zero-order chi connectivity index (χ0) is 34.2. The van der Waals surface area contributed by atoms with Crippen molar-refractivity contribution in [2.75, 3.05) is 0 Å². The summed E-state index contributed by atoms with van der Waals surface area (Å²) >= 11 is 0. The summed E-state index contributed by atoms with van der Waals surface area (Å²) in [6, 6.07) is 54.2. The molecule has 0 radical (unpaired) electrons. The quantitative estimate of drug-likeness (QED) is 0.202. The van der Waals surface area contributed by atoms with Crippen molar-refractivity contribution in [3.05, 3.63) is 180 Å². The van der Waals surface area contributed by atoms with Crippen molar-refractivity contribution in [3.63, 3.8) is 0 Å². The molecule has 1 N–H and O–H groups in total. The first-order valence-electron chi connectivity index (χ1n) is 17.5. The van der Waals surface area contributed by atoms with Crippen LogP contribution in [0.2, 0.25) is 0 Å². The Labute approximate surface area is 298 Å². The first-order valence-corrected chi connectivity index (χ1v) is 17.5. The lowest BCUT2D eigenvalue weighted by Crippen LogP contribution is -2.34. The molecule has 0 bridgehead atoms. The number of aromatic nitrogens is 1. The number of pyridine rings is 1. The molecule has 2 unspecified atom stereocenters. The maximum Gasteiger partial charge on any atom is 0.154 e. The maximum absolute atomic E-state index is 6.48. The molecule has 0 amide bonds. The molecule has 7 aromatic carbocycles. The lowest BCUT2D eigenvalue weighted by atomic mass is 9.90. The second-order valence-corrected chi connectivity index (χ2v) is 13.3. The van der Waals surface area contributed by atoms with Crippen LogP contribution in [-0.4, -0.2) is 10.8 Å². The van der Waals surface area contributed by atoms with Crippen LogP contribution in [0.3, 0.4) is 0 Å². The minimum Gasteiger partial charge on any atom is -0.613 e. The number of rotatable bonds is 4. The van der Waals surface area contributed by atoms with Crippen molar-refractivity contribution in [2.45, 2.75) is 12.3 Å². The van der Waals surface area contributed by atoms with Gasteiger partial charge in [0.15, 0.2) is 5.58 Å². The van der Waals surface area contributed by atoms with Gasteiger partial charge in [0.2, 0.25) is 0 Å². The fraction of sp³-hybridized carbons (Fsp3) is 0.0435. The second-order valence-electron chi connectivity index (χ2n) is 13.3. The zero-order valence-electron chi connectivity index (χ0n) is 27.8. The van der Waals surface area contributed by atoms with Gasteiger partial charge < -0.3 is 19.5 Å². The topological polar surface area (TPSA) is 77.7 Å². The van der Waals surface area contributed by atoms with Gasteiger partial charge in [-0.05, 0) is 75.7 Å². The Hall–Kier alpha value is -6.76. The Bertz CT molecular complexity index is 3050. The van der Waals surface area contributed by atoms with E-state index in [1.807, 2.05) is 60.7 Å². The third-order valence-electron chi connectivity index (χ3n) is 10.3. The fourth-order valence-electron chi connectivity index (χ4n) is 7.95. The highest BCUT2D eigenvalue weighted by molar-refractivity contribution is 6.14. The third kappa shape index (κ3) is 4.48. The van der Waals surface area contributed by atoms with Crippen LogP contribution in [0, 0.1) is 0 Å². The van der Waals surface area contributed by atoms with Crippen LogP contribution >= 0.6 is 0 Å². The SMILES string of the molecule is c1ccc(C2=NC(c3cccc4oc5ccccc5c34)[N-]C(c3c(-c4cccc5oc6cc7ccccc7nc6c45)ccc4ccccc34)N2)cc1. The van der Waals surface area contributed by atoms with Crippen molar-refractivity contribution < 1.29 is 8.83 Å². The Balaban J connectivity index is 1.16. The number of furan rings is 2. The number of fused-ring (bicyclic) bond motifs is 8. The summed E-state index contributed by atoms with van der Waals surface area (Å²) in [6.45, 7) is 0. The van der Waals surface area contributed by atoms with Crippen LogP contribution in [-0.2, 0) is 0 Å². The van der Waals surface area contributed by atoms with Crippen molar-refractivity contribution >= 4 is 71.5 Å². The van der Waals surface area contributed by atoms with Gasteiger partial charge in [-0.1, -0.05) is 127 Å². The predicted octanol–water partition coefficient (Wildman–Crippen LogP) is 12.0. The lowest BCUT2D eigenvalue weighted by Gasteiger charge is -2.45. The first kappa shape index (κ1) is 29.0. The van der Waals surface area contributed by atoms with E-state index in [-0.39, 0.29) is 0 Å². The lowest BCUT2D eigenvalue weighted by molar-refractivity contribution is 0.636. The fourth-order valence-corrected chi connectivity index (χ4v) is 7.95. The number of aliphatic imine (C=N–C) groups is 1. The van der Waals surface area contributed by atoms with Crippen molar-refractivity contribution in [1.29, 1.82) is 0 Å². The minimum absolute atomic E-state index is 0.450. The van der Waals surface area contributed by atoms with Gasteiger partial charge in [-0.15, -0.1) is 0 Å². The minimum atomic E-state index is -0.503. The standard InChI is InChI=1S/C46H29N4O2/c1-2-13-28(14-3-1)44-48-45(34-19-11-22-37-40(34)33-17-7-9-21-36(33)51-37)50-46(49-44)41-30-16-6-4-12-27(30)24-25-32(41)31-18-10-23-38-42(31)43-39(52-38)26-29-15-5-8-20-35(29)47-43/h1-26,45-46H,(H,48,49)/q-1. The first-order chi connectivity index (χ1) is 25.8. The highest BCUT2D eigenvalue weighted by Crippen LogP contribution is 2.47. The van der Waals surface area contributed by atoms with Gasteiger partial charge in [-0.25, -0.2) is 4.98 Å². The van der Waals surface area contributed by atoms with E-state index in [1.54, 1.807) is 0 Å². The molecule has 6 nitrogen and oxygen atoms in total. The summed E-state index contributed by atoms with van der Waals surface area (Å²) in [7, 11) is 0. The Kier molecular flexibility index (Phi) is 6.35. The summed E-state index contributed by atoms with van der Waals surface area (Å²) in [5.41, 5.74) is 10.2. The summed E-state index contributed by atoms with van der Waals surface area (Å²) in [5, 5.41) is 15.7. The molecule has 52 heavy (non-hydrogen) atoms. The van der Waals surface area contributed by atoms with Gasteiger partial charge in [0, 0.05) is 21.7 Å². The number of nitrogens with one attached hydrogen (secondary N) is 1. The molecular formula is C46H29N4O2-. The average Bonchev–Trinajstić information content (AvgIpc) is 3.77. The smallest absolute Gasteiger partial charge is 0.154 e. The Morgan fingerprint density at radius 3 is 2.15 bits per heavy atom. The van der Waals surface area contributed by atoms with Gasteiger partial charge >= 0.3 is 0 Å². The van der Waals surface area contributed by atoms with E-state index < -0.39 is 12.3 Å². The molecule has 0 spiro atoms. The average molecular weight is 670 g/mol. The van der Waals surface area contributed by atoms with Crippen LogP contribution in [0.15, 0.2) is 172 Å². The van der Waals surface area contributed by atoms with E-state index in [1.165, 1.54) is 0 Å². The number of hydrogen-bond donors (Lipinski definition) is 1. The van der Waals surface area contributed by atoms with E-state index in [0.29, 0.717) is 0 Å². The van der Waals surface area contributed by atoms with Crippen LogP contribution in [0.1, 0.15) is 29.0 Å². The highest BCUT2D eigenvalue weighted by Gasteiger charge is 2.25. The van der Waals surface area contributed by atoms with E-state index in [4.69, 9.17) is 24.1 Å². The summed E-state index contributed by atoms with van der Waals surface area (Å²) in [5.74, 6) is 0.786. The molecule has 0 fully saturated rings. The number of para-hydroxylation sites is 2. The van der Waals surface area contributed by atoms with Crippen LogP contribution < -0.4 is 5.32 Å². The molecule has 0 saturated heterocycles. The van der Waals surface area contributed by atoms with Crippen LogP contribution in [0.5, 0.6) is 0 Å². The van der Waals surface area contributed by atoms with E-state index in [0.717, 1.165) is 99.3 Å². The molecule has 6 heteroatoms. The molecule has 246 valence electrons. The molecule has 11 rings (SSSR count). The normalized spacial score (nSPS) is 16.3. The number of benzene rings is 7. The molecule has 2 atom stereocenters. The highest BCUT2D eigenvalue weighted by atomic mass is 16.3. The van der Waals surface area contributed by atoms with Crippen LogP contribution in [0.25, 0.3) is 82.1 Å². The predicted molar refractivity (Wildman–Crippen MR) is 211 cm³/mol. The summed E-state index contributed by atoms with van der Waals surface area (Å²) < 4.78 is 12.8. The van der Waals surface area contributed by atoms with Crippen molar-refractivity contribution in [2.24, 2.45) is 4.99 Å². The second kappa shape index (κ2) is 11.4. The van der Waals surface area contributed by atoms with Gasteiger partial charge in [-0.2, -0.15) is 0 Å². The largest absolute Gasteiger partial charge is 0.613 e. The third-order valence-corrected chi connectivity index (χ3v) is 10.3. The summed E-state index contributed by atoms with van der Waals surface area (Å²) in [4.78, 5) is 10.4. The maximum atomic E-state index is 6.48. The molecular weight excluding hydrogens is 641 g/mol. The van der Waals surface area contributed by atoms with Crippen molar-refractivity contribution in [3.8, 4) is 11.1 Å². The molecule has 1 aliphatic heterocycles. The Morgan fingerprint density at radius 1 is 0.538 bits per heavy atom. The zero-order valence-corrected chi connectivity index (χ0v) is 27.8. The van der Waals surface area contributed by atoms with Gasteiger partial charge in [0.1, 0.15) is 28.1 Å². The molecule has 0 aliphatic carbocycles. The van der Waals surface area contributed by atoms with Crippen molar-refractivity contribution in [1.82, 2.24) is 10.3 Å². The van der Waals surface area contributed by atoms with Crippen LogP contribution in [0.4, 0.5) is 0 Å². The number of amidine groups is 1. The van der Waals surface area contributed by atoms with Gasteiger partial charge in [0.25, 0.3) is 0 Å². The molecule has 0 saturated carbocycles. The van der Waals surface area contributed by atoms with E-state index in [9.17, 15) is 0 Å².